The highest BCUT2D eigenvalue weighted by atomic mass is 33.5. The van der Waals surface area contributed by atoms with Crippen molar-refractivity contribution in [2.45, 2.75) is 0 Å². The van der Waals surface area contributed by atoms with E-state index in [1.165, 1.54) is 17.8 Å². The maximum atomic E-state index is 4.76. The van der Waals surface area contributed by atoms with Crippen LogP contribution in [0.3, 0.4) is 0 Å². The van der Waals surface area contributed by atoms with Crippen LogP contribution in [0.4, 0.5) is 0 Å². The van der Waals surface area contributed by atoms with Gasteiger partial charge in [0.2, 0.25) is 0 Å². The molecule has 0 N–H and O–H groups in total. The van der Waals surface area contributed by atoms with Gasteiger partial charge < -0.3 is 0 Å². The van der Waals surface area contributed by atoms with E-state index in [9.17, 15) is 0 Å². The van der Waals surface area contributed by atoms with Gasteiger partial charge in [-0.3, -0.25) is 0 Å². The summed E-state index contributed by atoms with van der Waals surface area (Å²) in [4.78, 5) is 0. The summed E-state index contributed by atoms with van der Waals surface area (Å²) in [6, 6.07) is 0. The third-order valence-electron chi connectivity index (χ3n) is 0.528. The van der Waals surface area contributed by atoms with Crippen LogP contribution in [0.1, 0.15) is 0 Å². The number of rotatable bonds is 0. The van der Waals surface area contributed by atoms with Gasteiger partial charge in [0.1, 0.15) is 0 Å². The first-order valence-electron chi connectivity index (χ1n) is 3.50. The summed E-state index contributed by atoms with van der Waals surface area (Å²) in [5, 5.41) is 0. The smallest absolute Gasteiger partial charge is 0 e. The summed E-state index contributed by atoms with van der Waals surface area (Å²) in [5.74, 6) is 0. The lowest BCUT2D eigenvalue weighted by molar-refractivity contribution is 5.96. The second-order valence-corrected chi connectivity index (χ2v) is 36.7. The molecule has 0 aromatic heterocycles. The molecule has 0 atom stereocenters. The molecule has 0 spiro atoms. The minimum Gasteiger partial charge on any atom is 0 e. The Bertz CT molecular complexity index is 1080. The van der Waals surface area contributed by atoms with Crippen molar-refractivity contribution in [2.75, 3.05) is 0 Å². The van der Waals surface area contributed by atoms with Crippen molar-refractivity contribution in [3.63, 3.8) is 0 Å². The molecule has 0 saturated carbocycles. The van der Waals surface area contributed by atoms with Gasteiger partial charge in [-0.2, -0.15) is 0 Å². The summed E-state index contributed by atoms with van der Waals surface area (Å²) in [6.07, 6.45) is 0. The Morgan fingerprint density at radius 1 is 0.227 bits per heavy atom. The van der Waals surface area contributed by atoms with Crippen LogP contribution in [-0.4, -0.2) is 0 Å². The molecule has 0 bridgehead atoms. The third-order valence-corrected chi connectivity index (χ3v) is 42.7. The number of hydrogen-bond acceptors (Lipinski definition) is 2. The van der Waals surface area contributed by atoms with Crippen molar-refractivity contribution >= 4 is 200 Å². The molecule has 22 heavy (non-hydrogen) atoms. The van der Waals surface area contributed by atoms with Crippen LogP contribution in [0, 0.1) is 0 Å². The molecule has 0 fully saturated rings. The summed E-state index contributed by atoms with van der Waals surface area (Å²) in [6.45, 7) is 0. The van der Waals surface area contributed by atoms with Crippen molar-refractivity contribution in [1.29, 1.82) is 0 Å². The van der Waals surface area contributed by atoms with Gasteiger partial charge in [0, 0.05) is 200 Å². The molecule has 0 nitrogen and oxygen atoms in total. The highest BCUT2D eigenvalue weighted by molar-refractivity contribution is 8.78. The van der Waals surface area contributed by atoms with E-state index < -0.39 is 0 Å². The fourth-order valence-electron chi connectivity index (χ4n) is 0.204. The minimum absolute atomic E-state index is 1.37. The van der Waals surface area contributed by atoms with E-state index >= 15 is 0 Å². The first-order chi connectivity index (χ1) is 10.9. The second-order valence-electron chi connectivity index (χ2n) is 1.36. The molecule has 0 aromatic carbocycles. The molecule has 0 heterocycles. The van der Waals surface area contributed by atoms with Crippen molar-refractivity contribution in [3.8, 4) is 0 Å². The predicted molar refractivity (Wildman–Crippen MR) is 162 cm³/mol. The molecule has 0 aliphatic carbocycles. The molecular formula is S22. The van der Waals surface area contributed by atoms with E-state index in [0.717, 1.165) is 0 Å². The second kappa shape index (κ2) is 25.8. The van der Waals surface area contributed by atoms with Crippen LogP contribution < -0.4 is 0 Å². The van der Waals surface area contributed by atoms with Crippen LogP contribution in [0.25, 0.3) is 0 Å². The summed E-state index contributed by atoms with van der Waals surface area (Å²) < 4.78 is 0. The average Bonchev–Trinajstić information content (AvgIpc) is 2.54. The Kier molecular flexibility index (Phi) is 31.5. The molecule has 0 radical (unpaired) electrons. The Morgan fingerprint density at radius 2 is 0.364 bits per heavy atom. The van der Waals surface area contributed by atoms with Crippen molar-refractivity contribution in [2.24, 2.45) is 0 Å². The Balaban J connectivity index is 5.82. The van der Waals surface area contributed by atoms with Gasteiger partial charge in [0.25, 0.3) is 0 Å². The fraction of sp³-hybridized carbons (Fsp3) is 0. The van der Waals surface area contributed by atoms with Gasteiger partial charge >= 0.3 is 0 Å². The van der Waals surface area contributed by atoms with Gasteiger partial charge in [-0.15, -0.1) is 0 Å². The molecule has 22 heteroatoms. The van der Waals surface area contributed by atoms with Crippen LogP contribution in [-0.2, 0) is 200 Å². The summed E-state index contributed by atoms with van der Waals surface area (Å²) >= 11 is 9.53. The maximum absolute atomic E-state index is 4.76. The number of hydrogen-bond donors (Lipinski definition) is 0. The maximum Gasteiger partial charge on any atom is 0 e. The molecule has 0 saturated heterocycles. The first kappa shape index (κ1) is 26.8. The van der Waals surface area contributed by atoms with Crippen molar-refractivity contribution < 1.29 is 0 Å². The molecule has 0 amide bonds. The molecule has 0 rings (SSSR count). The highest BCUT2D eigenvalue weighted by Crippen LogP contribution is 1.41. The third kappa shape index (κ3) is 24.8. The molecule has 0 aromatic rings. The van der Waals surface area contributed by atoms with E-state index in [4.69, 9.17) is 22.4 Å². The lowest BCUT2D eigenvalue weighted by atomic mass is 30.7. The average molecular weight is 705 g/mol. The van der Waals surface area contributed by atoms with Gasteiger partial charge in [-0.1, -0.05) is 0 Å². The van der Waals surface area contributed by atoms with Crippen LogP contribution in [0.5, 0.6) is 0 Å². The standard InChI is InChI=1S/S22/c1-3-5-7-9-11-13-15-17-19-21-22-20-18-16-14-12-10-8-6-4-2. The largest absolute Gasteiger partial charge is 0 e. The van der Waals surface area contributed by atoms with Gasteiger partial charge in [-0.05, 0) is 0 Å². The Labute approximate surface area is 195 Å². The zero-order chi connectivity index (χ0) is 16.1. The lowest BCUT2D eigenvalue weighted by Crippen LogP contribution is -1.40. The van der Waals surface area contributed by atoms with Gasteiger partial charge in [0.05, 0.1) is 0 Å². The van der Waals surface area contributed by atoms with E-state index in [0.29, 0.717) is 0 Å². The van der Waals surface area contributed by atoms with Gasteiger partial charge in [-0.25, -0.2) is 0 Å². The zero-order valence-corrected chi connectivity index (χ0v) is 26.9. The summed E-state index contributed by atoms with van der Waals surface area (Å²) in [5.41, 5.74) is 0. The first-order valence-corrected chi connectivity index (χ1v) is 31.5. The molecular weight excluding hydrogens is 705 g/mol. The van der Waals surface area contributed by atoms with Crippen molar-refractivity contribution in [1.82, 2.24) is 0 Å². The summed E-state index contributed by atoms with van der Waals surface area (Å²) in [7, 11) is 34.5. The van der Waals surface area contributed by atoms with Crippen LogP contribution >= 0.6 is 0 Å². The van der Waals surface area contributed by atoms with E-state index in [2.05, 4.69) is 0 Å². The van der Waals surface area contributed by atoms with Gasteiger partial charge in [0.15, 0.2) is 0 Å². The highest BCUT2D eigenvalue weighted by Gasteiger charge is 1.42. The minimum atomic E-state index is 1.37. The molecule has 132 valence electrons. The molecule has 0 unspecified atom stereocenters. The monoisotopic (exact) mass is 703 g/mol. The van der Waals surface area contributed by atoms with E-state index in [1.807, 2.05) is 0 Å². The Morgan fingerprint density at radius 3 is 0.500 bits per heavy atom. The molecule has 0 aliphatic heterocycles. The fourth-order valence-corrected chi connectivity index (χ4v) is 49.6. The van der Waals surface area contributed by atoms with E-state index in [1.54, 1.807) is 160 Å². The zero-order valence-electron chi connectivity index (χ0n) is 8.98. The quantitative estimate of drug-likeness (QED) is 0.347. The Hall–Kier alpha value is 4.84. The van der Waals surface area contributed by atoms with Crippen molar-refractivity contribution in [3.05, 3.63) is 0 Å². The lowest BCUT2D eigenvalue weighted by Gasteiger charge is -1.40. The van der Waals surface area contributed by atoms with Crippen LogP contribution in [0.2, 0.25) is 0 Å². The predicted octanol–water partition coefficient (Wildman–Crippen LogP) is -0.0528. The van der Waals surface area contributed by atoms with E-state index in [-0.39, 0.29) is 0 Å². The molecule has 0 aliphatic rings. The topological polar surface area (TPSA) is 0 Å². The SMILES string of the molecule is S=S=S=S=S=S=S=S=S=S=S=S=S=S=S=S=S=S=S=S=S=S. The van der Waals surface area contributed by atoms with Crippen LogP contribution in [0.15, 0.2) is 0 Å². The normalized spacial score (nSPS) is 7.45.